The smallest absolute Gasteiger partial charge is 0.291 e. The summed E-state index contributed by atoms with van der Waals surface area (Å²) in [6.07, 6.45) is 6.54. The Morgan fingerprint density at radius 1 is 1.18 bits per heavy atom. The third kappa shape index (κ3) is 6.72. The van der Waals surface area contributed by atoms with Gasteiger partial charge in [-0.15, -0.1) is 10.1 Å². The molecule has 1 N–H and O–H groups in total. The Kier molecular flexibility index (Phi) is 8.81. The highest BCUT2D eigenvalue weighted by molar-refractivity contribution is 6.36. The summed E-state index contributed by atoms with van der Waals surface area (Å²) in [4.78, 5) is 12.5. The molecule has 2 heterocycles. The van der Waals surface area contributed by atoms with Gasteiger partial charge >= 0.3 is 0 Å². The zero-order valence-corrected chi connectivity index (χ0v) is 20.1. The van der Waals surface area contributed by atoms with Crippen LogP contribution in [0.4, 0.5) is 0 Å². The second-order valence-corrected chi connectivity index (χ2v) is 8.80. The molecular formula is C21H19Cl4N3O5. The van der Waals surface area contributed by atoms with Crippen LogP contribution < -0.4 is 0 Å². The number of hydrogen-bond donors (Lipinski definition) is 1. The Labute approximate surface area is 209 Å². The van der Waals surface area contributed by atoms with Crippen LogP contribution in [0.5, 0.6) is 0 Å². The van der Waals surface area contributed by atoms with E-state index in [-0.39, 0.29) is 6.10 Å². The summed E-state index contributed by atoms with van der Waals surface area (Å²) in [5.41, 5.74) is 1.65. The molecule has 1 aromatic heterocycles. The maximum absolute atomic E-state index is 8.36. The minimum atomic E-state index is -1.50. The van der Waals surface area contributed by atoms with Gasteiger partial charge in [0.2, 0.25) is 5.79 Å². The van der Waals surface area contributed by atoms with Crippen molar-refractivity contribution in [1.82, 2.24) is 9.55 Å². The molecule has 0 amide bonds. The zero-order chi connectivity index (χ0) is 24.0. The minimum Gasteiger partial charge on any atom is -0.342 e. The quantitative estimate of drug-likeness (QED) is 0.305. The molecule has 176 valence electrons. The predicted octanol–water partition coefficient (Wildman–Crippen LogP) is 6.05. The third-order valence-electron chi connectivity index (χ3n) is 4.93. The van der Waals surface area contributed by atoms with Gasteiger partial charge in [-0.3, -0.25) is 0 Å². The van der Waals surface area contributed by atoms with E-state index in [0.717, 1.165) is 11.1 Å². The maximum Gasteiger partial charge on any atom is 0.291 e. The molecule has 0 saturated carbocycles. The van der Waals surface area contributed by atoms with E-state index < -0.39 is 10.9 Å². The maximum atomic E-state index is 8.36. The fraction of sp³-hybridized carbons (Fsp3) is 0.286. The van der Waals surface area contributed by atoms with Gasteiger partial charge < -0.3 is 19.2 Å². The summed E-state index contributed by atoms with van der Waals surface area (Å²) >= 11 is 25.2. The molecular weight excluding hydrogens is 516 g/mol. The summed E-state index contributed by atoms with van der Waals surface area (Å²) in [6, 6.07) is 10.8. The topological polar surface area (TPSA) is 99.7 Å². The van der Waals surface area contributed by atoms with Crippen molar-refractivity contribution >= 4 is 46.4 Å². The fourth-order valence-corrected chi connectivity index (χ4v) is 4.65. The molecule has 0 bridgehead atoms. The van der Waals surface area contributed by atoms with E-state index in [4.69, 9.17) is 71.2 Å². The van der Waals surface area contributed by atoms with Crippen LogP contribution in [0.15, 0.2) is 55.1 Å². The van der Waals surface area contributed by atoms with Gasteiger partial charge in [-0.2, -0.15) is 0 Å². The Morgan fingerprint density at radius 3 is 2.48 bits per heavy atom. The first-order chi connectivity index (χ1) is 15.7. The van der Waals surface area contributed by atoms with Crippen molar-refractivity contribution in [2.45, 2.75) is 31.3 Å². The van der Waals surface area contributed by atoms with Crippen molar-refractivity contribution in [3.63, 3.8) is 0 Å². The van der Waals surface area contributed by atoms with Crippen LogP contribution >= 0.6 is 46.4 Å². The number of imidazole rings is 1. The first-order valence-electron chi connectivity index (χ1n) is 9.69. The average molecular weight is 535 g/mol. The number of ether oxygens (including phenoxy) is 2. The van der Waals surface area contributed by atoms with E-state index in [0.29, 0.717) is 46.1 Å². The fourth-order valence-electron chi connectivity index (χ4n) is 3.51. The number of aromatic nitrogens is 2. The summed E-state index contributed by atoms with van der Waals surface area (Å²) in [6.45, 7) is 0.841. The summed E-state index contributed by atoms with van der Waals surface area (Å²) in [5.74, 6) is -1.03. The summed E-state index contributed by atoms with van der Waals surface area (Å²) < 4.78 is 14.6. The summed E-state index contributed by atoms with van der Waals surface area (Å²) in [7, 11) is 0. The van der Waals surface area contributed by atoms with Gasteiger partial charge in [0, 0.05) is 33.0 Å². The highest BCUT2D eigenvalue weighted by atomic mass is 35.5. The largest absolute Gasteiger partial charge is 0.342 e. The number of benzene rings is 2. The van der Waals surface area contributed by atoms with Crippen LogP contribution in [0.3, 0.4) is 0 Å². The average Bonchev–Trinajstić information content (AvgIpc) is 3.38. The lowest BCUT2D eigenvalue weighted by molar-refractivity contribution is -0.742. The molecule has 3 aromatic rings. The first-order valence-corrected chi connectivity index (χ1v) is 11.2. The SMILES string of the molecule is Clc1ccc(C2(Cn3ccnc3)OCC(CCc3c(Cl)cccc3Cl)O2)c(Cl)c1.O=[N+]([O-])O. The van der Waals surface area contributed by atoms with Crippen LogP contribution in [0.2, 0.25) is 20.1 Å². The molecule has 1 aliphatic rings. The molecule has 4 rings (SSSR count). The highest BCUT2D eigenvalue weighted by Crippen LogP contribution is 2.41. The second kappa shape index (κ2) is 11.4. The van der Waals surface area contributed by atoms with E-state index in [1.807, 2.05) is 35.0 Å². The lowest BCUT2D eigenvalue weighted by Gasteiger charge is -2.30. The Morgan fingerprint density at radius 2 is 1.88 bits per heavy atom. The lowest BCUT2D eigenvalue weighted by atomic mass is 10.0. The van der Waals surface area contributed by atoms with Crippen molar-refractivity contribution < 1.29 is 19.8 Å². The normalized spacial score (nSPS) is 19.7. The molecule has 2 atom stereocenters. The van der Waals surface area contributed by atoms with Crippen LogP contribution in [-0.4, -0.2) is 32.6 Å². The number of rotatable bonds is 6. The van der Waals surface area contributed by atoms with Crippen molar-refractivity contribution in [3.8, 4) is 0 Å². The van der Waals surface area contributed by atoms with Crippen LogP contribution in [0.1, 0.15) is 17.5 Å². The van der Waals surface area contributed by atoms with Gasteiger partial charge in [0.05, 0.1) is 30.6 Å². The third-order valence-corrected chi connectivity index (χ3v) is 6.18. The van der Waals surface area contributed by atoms with Crippen molar-refractivity contribution in [2.75, 3.05) is 6.61 Å². The number of halogens is 4. The zero-order valence-electron chi connectivity index (χ0n) is 17.0. The molecule has 8 nitrogen and oxygen atoms in total. The van der Waals surface area contributed by atoms with E-state index in [2.05, 4.69) is 4.98 Å². The van der Waals surface area contributed by atoms with E-state index in [1.54, 1.807) is 24.7 Å². The lowest BCUT2D eigenvalue weighted by Crippen LogP contribution is -2.33. The monoisotopic (exact) mass is 533 g/mol. The van der Waals surface area contributed by atoms with Gasteiger partial charge in [0.15, 0.2) is 0 Å². The molecule has 1 fully saturated rings. The van der Waals surface area contributed by atoms with Gasteiger partial charge in [0.1, 0.15) is 0 Å². The molecule has 1 aliphatic heterocycles. The molecule has 33 heavy (non-hydrogen) atoms. The standard InChI is InChI=1S/C21H18Cl4N2O2.HNO3/c22-14-4-7-17(20(25)10-14)21(12-27-9-8-26-13-27)28-11-15(29-21)5-6-16-18(23)2-1-3-19(16)24;2-1(3)4/h1-4,7-10,13,15H,5-6,11-12H2;(H,2,3,4). The van der Waals surface area contributed by atoms with E-state index in [9.17, 15) is 0 Å². The molecule has 2 unspecified atom stereocenters. The number of nitrogens with zero attached hydrogens (tertiary/aromatic N) is 3. The van der Waals surface area contributed by atoms with Gasteiger partial charge in [-0.05, 0) is 42.7 Å². The number of hydrogen-bond acceptors (Lipinski definition) is 5. The first kappa shape index (κ1) is 25.6. The minimum absolute atomic E-state index is 0.141. The molecule has 0 aliphatic carbocycles. The van der Waals surface area contributed by atoms with E-state index >= 15 is 0 Å². The Hall–Kier alpha value is -2.07. The van der Waals surface area contributed by atoms with Crippen LogP contribution in [0, 0.1) is 10.1 Å². The van der Waals surface area contributed by atoms with Crippen molar-refractivity contribution in [3.05, 3.63) is 96.5 Å². The van der Waals surface area contributed by atoms with E-state index in [1.165, 1.54) is 0 Å². The predicted molar refractivity (Wildman–Crippen MR) is 125 cm³/mol. The molecule has 0 spiro atoms. The highest BCUT2D eigenvalue weighted by Gasteiger charge is 2.44. The van der Waals surface area contributed by atoms with Crippen LogP contribution in [0.25, 0.3) is 0 Å². The second-order valence-electron chi connectivity index (χ2n) is 7.14. The van der Waals surface area contributed by atoms with Crippen molar-refractivity contribution in [1.29, 1.82) is 0 Å². The van der Waals surface area contributed by atoms with Crippen LogP contribution in [-0.2, 0) is 28.2 Å². The Balaban J connectivity index is 0.000000709. The molecule has 1 saturated heterocycles. The summed E-state index contributed by atoms with van der Waals surface area (Å²) in [5, 5.41) is 16.0. The molecule has 2 aromatic carbocycles. The van der Waals surface area contributed by atoms with Crippen molar-refractivity contribution in [2.24, 2.45) is 0 Å². The molecule has 12 heteroatoms. The van der Waals surface area contributed by atoms with Gasteiger partial charge in [-0.1, -0.05) is 58.5 Å². The molecule has 0 radical (unpaired) electrons. The Bertz CT molecular complexity index is 1080. The van der Waals surface area contributed by atoms with Gasteiger partial charge in [0.25, 0.3) is 5.09 Å². The van der Waals surface area contributed by atoms with Gasteiger partial charge in [-0.25, -0.2) is 4.98 Å².